The third kappa shape index (κ3) is 6.10. The standard InChI is InChI=1S/C19H27N3O3S.HI/c1-13(2)21-19(20-11-15-8-9-26(23,24)12-15)22-14(3)18-10-16-6-4-5-7-17(16)25-18;/h4-7,10,13-15H,8-9,11-12H2,1-3H3,(H2,20,21,22);1H. The van der Waals surface area contributed by atoms with Gasteiger partial charge in [0.25, 0.3) is 0 Å². The normalized spacial score (nSPS) is 20.4. The number of nitrogens with zero attached hydrogens (tertiary/aromatic N) is 1. The molecule has 2 heterocycles. The number of para-hydroxylation sites is 1. The molecule has 0 amide bonds. The molecule has 1 aromatic heterocycles. The van der Waals surface area contributed by atoms with E-state index in [2.05, 4.69) is 15.6 Å². The molecule has 0 spiro atoms. The Bertz CT molecular complexity index is 859. The molecule has 2 N–H and O–H groups in total. The molecule has 0 aliphatic carbocycles. The lowest BCUT2D eigenvalue weighted by atomic mass is 10.1. The number of nitrogens with one attached hydrogen (secondary N) is 2. The Kier molecular flexibility index (Phi) is 7.55. The summed E-state index contributed by atoms with van der Waals surface area (Å²) in [5, 5.41) is 7.74. The van der Waals surface area contributed by atoms with Crippen molar-refractivity contribution in [1.29, 1.82) is 0 Å². The highest BCUT2D eigenvalue weighted by atomic mass is 127. The third-order valence-corrected chi connectivity index (χ3v) is 6.32. The second-order valence-electron chi connectivity index (χ2n) is 7.31. The molecular formula is C19H28IN3O3S. The zero-order valence-corrected chi connectivity index (χ0v) is 19.1. The van der Waals surface area contributed by atoms with E-state index >= 15 is 0 Å². The first-order valence-corrected chi connectivity index (χ1v) is 10.9. The Balaban J connectivity index is 0.00000261. The number of fused-ring (bicyclic) bond motifs is 1. The number of aliphatic imine (C=N–C) groups is 1. The first-order chi connectivity index (χ1) is 12.3. The molecule has 1 saturated heterocycles. The number of halogens is 1. The first kappa shape index (κ1) is 22.0. The third-order valence-electron chi connectivity index (χ3n) is 4.48. The van der Waals surface area contributed by atoms with Crippen LogP contribution >= 0.6 is 24.0 Å². The monoisotopic (exact) mass is 505 g/mol. The fourth-order valence-corrected chi connectivity index (χ4v) is 4.98. The highest BCUT2D eigenvalue weighted by Gasteiger charge is 2.27. The zero-order valence-electron chi connectivity index (χ0n) is 15.9. The van der Waals surface area contributed by atoms with E-state index < -0.39 is 9.84 Å². The van der Waals surface area contributed by atoms with Gasteiger partial charge >= 0.3 is 0 Å². The largest absolute Gasteiger partial charge is 0.459 e. The number of furan rings is 1. The van der Waals surface area contributed by atoms with Crippen molar-refractivity contribution in [1.82, 2.24) is 10.6 Å². The highest BCUT2D eigenvalue weighted by molar-refractivity contribution is 14.0. The Labute approximate surface area is 178 Å². The van der Waals surface area contributed by atoms with Gasteiger partial charge < -0.3 is 15.1 Å². The van der Waals surface area contributed by atoms with Crippen molar-refractivity contribution in [3.8, 4) is 0 Å². The van der Waals surface area contributed by atoms with Crippen molar-refractivity contribution >= 4 is 50.7 Å². The SMILES string of the molecule is CC(C)NC(=NCC1CCS(=O)(=O)C1)NC(C)c1cc2ccccc2o1.I. The Morgan fingerprint density at radius 2 is 2.00 bits per heavy atom. The molecule has 2 atom stereocenters. The Morgan fingerprint density at radius 3 is 2.63 bits per heavy atom. The van der Waals surface area contributed by atoms with Gasteiger partial charge in [0, 0.05) is 18.0 Å². The van der Waals surface area contributed by atoms with Gasteiger partial charge in [0.05, 0.1) is 17.5 Å². The first-order valence-electron chi connectivity index (χ1n) is 9.09. The van der Waals surface area contributed by atoms with Gasteiger partial charge in [-0.15, -0.1) is 24.0 Å². The van der Waals surface area contributed by atoms with E-state index in [1.54, 1.807) is 0 Å². The van der Waals surface area contributed by atoms with Crippen molar-refractivity contribution in [2.75, 3.05) is 18.1 Å². The van der Waals surface area contributed by atoms with Gasteiger partial charge in [0.1, 0.15) is 11.3 Å². The Hall–Kier alpha value is -1.29. The lowest BCUT2D eigenvalue weighted by Crippen LogP contribution is -2.42. The van der Waals surface area contributed by atoms with Crippen molar-refractivity contribution in [2.24, 2.45) is 10.9 Å². The van der Waals surface area contributed by atoms with Crippen LogP contribution in [0.15, 0.2) is 39.7 Å². The minimum absolute atomic E-state index is 0. The molecule has 1 aliphatic heterocycles. The molecule has 2 aromatic rings. The van der Waals surface area contributed by atoms with Gasteiger partial charge in [0.2, 0.25) is 0 Å². The van der Waals surface area contributed by atoms with Crippen LogP contribution in [-0.4, -0.2) is 38.5 Å². The summed E-state index contributed by atoms with van der Waals surface area (Å²) in [6.07, 6.45) is 0.694. The molecular weight excluding hydrogens is 477 g/mol. The maximum atomic E-state index is 11.6. The van der Waals surface area contributed by atoms with E-state index in [0.717, 1.165) is 16.7 Å². The zero-order chi connectivity index (χ0) is 18.7. The highest BCUT2D eigenvalue weighted by Crippen LogP contribution is 2.23. The van der Waals surface area contributed by atoms with Crippen LogP contribution in [0.4, 0.5) is 0 Å². The summed E-state index contributed by atoms with van der Waals surface area (Å²) in [7, 11) is -2.87. The smallest absolute Gasteiger partial charge is 0.192 e. The molecule has 1 aromatic carbocycles. The number of sulfone groups is 1. The lowest BCUT2D eigenvalue weighted by molar-refractivity contribution is 0.485. The van der Waals surface area contributed by atoms with E-state index in [1.165, 1.54) is 0 Å². The second kappa shape index (κ2) is 9.27. The summed E-state index contributed by atoms with van der Waals surface area (Å²) in [6, 6.07) is 10.1. The summed E-state index contributed by atoms with van der Waals surface area (Å²) < 4.78 is 29.2. The van der Waals surface area contributed by atoms with Crippen molar-refractivity contribution < 1.29 is 12.8 Å². The average molecular weight is 505 g/mol. The molecule has 27 heavy (non-hydrogen) atoms. The number of hydrogen-bond donors (Lipinski definition) is 2. The summed E-state index contributed by atoms with van der Waals surface area (Å²) >= 11 is 0. The fraction of sp³-hybridized carbons (Fsp3) is 0.526. The van der Waals surface area contributed by atoms with Crippen LogP contribution in [0.2, 0.25) is 0 Å². The van der Waals surface area contributed by atoms with Gasteiger partial charge in [0.15, 0.2) is 15.8 Å². The molecule has 3 rings (SSSR count). The number of rotatable bonds is 5. The molecule has 2 unspecified atom stereocenters. The van der Waals surface area contributed by atoms with E-state index in [0.29, 0.717) is 18.9 Å². The van der Waals surface area contributed by atoms with Crippen LogP contribution < -0.4 is 10.6 Å². The van der Waals surface area contributed by atoms with Gasteiger partial charge in [-0.3, -0.25) is 4.99 Å². The predicted octanol–water partition coefficient (Wildman–Crippen LogP) is 3.49. The van der Waals surface area contributed by atoms with Gasteiger partial charge in [-0.05, 0) is 45.2 Å². The lowest BCUT2D eigenvalue weighted by Gasteiger charge is -2.19. The second-order valence-corrected chi connectivity index (χ2v) is 9.54. The summed E-state index contributed by atoms with van der Waals surface area (Å²) in [4.78, 5) is 4.62. The van der Waals surface area contributed by atoms with Crippen LogP contribution in [0, 0.1) is 5.92 Å². The van der Waals surface area contributed by atoms with E-state index in [1.807, 2.05) is 51.1 Å². The minimum atomic E-state index is -2.87. The molecule has 0 bridgehead atoms. The molecule has 6 nitrogen and oxygen atoms in total. The van der Waals surface area contributed by atoms with Crippen LogP contribution in [0.25, 0.3) is 11.0 Å². The molecule has 150 valence electrons. The molecule has 1 aliphatic rings. The van der Waals surface area contributed by atoms with Crippen molar-refractivity contribution in [2.45, 2.75) is 39.3 Å². The topological polar surface area (TPSA) is 83.7 Å². The van der Waals surface area contributed by atoms with Crippen molar-refractivity contribution in [3.63, 3.8) is 0 Å². The van der Waals surface area contributed by atoms with E-state index in [-0.39, 0.29) is 53.5 Å². The molecule has 0 saturated carbocycles. The maximum absolute atomic E-state index is 11.6. The fourth-order valence-electron chi connectivity index (χ4n) is 3.13. The minimum Gasteiger partial charge on any atom is -0.459 e. The van der Waals surface area contributed by atoms with Crippen molar-refractivity contribution in [3.05, 3.63) is 36.1 Å². The van der Waals surface area contributed by atoms with E-state index in [9.17, 15) is 8.42 Å². The summed E-state index contributed by atoms with van der Waals surface area (Å²) in [6.45, 7) is 6.62. The van der Waals surface area contributed by atoms with Gasteiger partial charge in [-0.2, -0.15) is 0 Å². The summed E-state index contributed by atoms with van der Waals surface area (Å²) in [5.74, 6) is 2.14. The Morgan fingerprint density at radius 1 is 1.26 bits per heavy atom. The average Bonchev–Trinajstić information content (AvgIpc) is 3.15. The van der Waals surface area contributed by atoms with Crippen LogP contribution in [0.5, 0.6) is 0 Å². The molecule has 8 heteroatoms. The van der Waals surface area contributed by atoms with Gasteiger partial charge in [-0.25, -0.2) is 8.42 Å². The predicted molar refractivity (Wildman–Crippen MR) is 121 cm³/mol. The van der Waals surface area contributed by atoms with Crippen LogP contribution in [0.3, 0.4) is 0 Å². The quantitative estimate of drug-likeness (QED) is 0.370. The number of hydrogen-bond acceptors (Lipinski definition) is 4. The van der Waals surface area contributed by atoms with Crippen LogP contribution in [-0.2, 0) is 9.84 Å². The number of benzene rings is 1. The molecule has 0 radical (unpaired) electrons. The summed E-state index contributed by atoms with van der Waals surface area (Å²) in [5.41, 5.74) is 0.864. The van der Waals surface area contributed by atoms with Gasteiger partial charge in [-0.1, -0.05) is 18.2 Å². The molecule has 1 fully saturated rings. The van der Waals surface area contributed by atoms with E-state index in [4.69, 9.17) is 4.42 Å². The van der Waals surface area contributed by atoms with Crippen LogP contribution in [0.1, 0.15) is 39.0 Å². The maximum Gasteiger partial charge on any atom is 0.192 e. The number of guanidine groups is 1.